The zero-order valence-electron chi connectivity index (χ0n) is 13.2. The minimum atomic E-state index is -1.42. The number of para-hydroxylation sites is 1. The number of nitrogens with zero attached hydrogens (tertiary/aromatic N) is 2. The van der Waals surface area contributed by atoms with E-state index >= 15 is 0 Å². The highest BCUT2D eigenvalue weighted by molar-refractivity contribution is 6.03. The Morgan fingerprint density at radius 3 is 2.79 bits per heavy atom. The van der Waals surface area contributed by atoms with Crippen LogP contribution in [0.2, 0.25) is 0 Å². The van der Waals surface area contributed by atoms with Crippen LogP contribution in [0.4, 0.5) is 5.69 Å². The van der Waals surface area contributed by atoms with Crippen molar-refractivity contribution in [2.75, 3.05) is 11.4 Å². The summed E-state index contributed by atoms with van der Waals surface area (Å²) >= 11 is 0. The molecule has 5 rings (SSSR count). The minimum Gasteiger partial charge on any atom is -0.380 e. The lowest BCUT2D eigenvalue weighted by atomic mass is 9.61. The lowest BCUT2D eigenvalue weighted by Gasteiger charge is -2.60. The average Bonchev–Trinajstić information content (AvgIpc) is 2.96. The van der Waals surface area contributed by atoms with Crippen molar-refractivity contribution in [3.05, 3.63) is 54.6 Å². The molecule has 4 heterocycles. The Balaban J connectivity index is 1.94. The quantitative estimate of drug-likeness (QED) is 0.800. The van der Waals surface area contributed by atoms with E-state index in [1.165, 1.54) is 0 Å². The number of piperidine rings is 1. The summed E-state index contributed by atoms with van der Waals surface area (Å²) in [6, 6.07) is 7.40. The molecule has 1 aromatic rings. The summed E-state index contributed by atoms with van der Waals surface area (Å²) in [6.07, 6.45) is 6.70. The van der Waals surface area contributed by atoms with Crippen LogP contribution < -0.4 is 4.90 Å². The number of rotatable bonds is 1. The second-order valence-corrected chi connectivity index (χ2v) is 7.11. The van der Waals surface area contributed by atoms with Crippen LogP contribution in [0.3, 0.4) is 0 Å². The van der Waals surface area contributed by atoms with Crippen LogP contribution in [0.5, 0.6) is 0 Å². The Morgan fingerprint density at radius 2 is 2.00 bits per heavy atom. The molecule has 0 radical (unpaired) electrons. The first-order valence-corrected chi connectivity index (χ1v) is 8.28. The van der Waals surface area contributed by atoms with Crippen LogP contribution in [0.25, 0.3) is 0 Å². The Morgan fingerprint density at radius 1 is 1.21 bits per heavy atom. The van der Waals surface area contributed by atoms with Gasteiger partial charge in [-0.2, -0.15) is 0 Å². The molecule has 4 aliphatic rings. The normalized spacial score (nSPS) is 38.9. The Kier molecular flexibility index (Phi) is 2.32. The number of anilines is 1. The molecule has 4 aliphatic heterocycles. The molecule has 1 N–H and O–H groups in total. The third-order valence-corrected chi connectivity index (χ3v) is 6.31. The molecule has 3 atom stereocenters. The summed E-state index contributed by atoms with van der Waals surface area (Å²) < 4.78 is 0. The smallest absolute Gasteiger partial charge is 0.229 e. The third-order valence-electron chi connectivity index (χ3n) is 6.31. The molecule has 2 saturated heterocycles. The zero-order chi connectivity index (χ0) is 16.7. The number of fused-ring (bicyclic) bond motifs is 3. The van der Waals surface area contributed by atoms with Crippen LogP contribution in [0, 0.1) is 5.41 Å². The summed E-state index contributed by atoms with van der Waals surface area (Å²) in [7, 11) is 0. The van der Waals surface area contributed by atoms with Crippen molar-refractivity contribution >= 4 is 17.5 Å². The van der Waals surface area contributed by atoms with Crippen molar-refractivity contribution in [2.24, 2.45) is 5.41 Å². The Hall–Kier alpha value is -2.40. The van der Waals surface area contributed by atoms with Gasteiger partial charge in [-0.3, -0.25) is 14.5 Å². The molecular weight excluding hydrogens is 304 g/mol. The van der Waals surface area contributed by atoms with E-state index in [0.29, 0.717) is 30.6 Å². The first kappa shape index (κ1) is 14.0. The van der Waals surface area contributed by atoms with E-state index in [4.69, 9.17) is 0 Å². The third kappa shape index (κ3) is 1.13. The van der Waals surface area contributed by atoms with E-state index in [1.807, 2.05) is 42.5 Å². The molecular formula is C19H18N2O3. The molecule has 24 heavy (non-hydrogen) atoms. The molecule has 1 spiro atoms. The van der Waals surface area contributed by atoms with Gasteiger partial charge >= 0.3 is 0 Å². The fourth-order valence-corrected chi connectivity index (χ4v) is 5.50. The Labute approximate surface area is 139 Å². The van der Waals surface area contributed by atoms with Crippen molar-refractivity contribution in [2.45, 2.75) is 30.5 Å². The summed E-state index contributed by atoms with van der Waals surface area (Å²) in [5.74, 6) is -0.173. The first-order valence-electron chi connectivity index (χ1n) is 8.28. The average molecular weight is 322 g/mol. The summed E-state index contributed by atoms with van der Waals surface area (Å²) in [5, 5.41) is 11.8. The molecule has 2 amide bonds. The molecule has 1 aromatic carbocycles. The molecule has 0 unspecified atom stereocenters. The predicted molar refractivity (Wildman–Crippen MR) is 87.9 cm³/mol. The second-order valence-electron chi connectivity index (χ2n) is 7.11. The number of aliphatic hydroxyl groups is 1. The Bertz CT molecular complexity index is 847. The van der Waals surface area contributed by atoms with Crippen LogP contribution >= 0.6 is 0 Å². The van der Waals surface area contributed by atoms with Gasteiger partial charge in [0.15, 0.2) is 5.66 Å². The molecule has 5 nitrogen and oxygen atoms in total. The molecule has 0 saturated carbocycles. The van der Waals surface area contributed by atoms with Gasteiger partial charge in [0.1, 0.15) is 5.60 Å². The van der Waals surface area contributed by atoms with Crippen molar-refractivity contribution in [3.63, 3.8) is 0 Å². The summed E-state index contributed by atoms with van der Waals surface area (Å²) in [4.78, 5) is 29.1. The molecule has 122 valence electrons. The lowest BCUT2D eigenvalue weighted by Crippen LogP contribution is -2.76. The van der Waals surface area contributed by atoms with Crippen LogP contribution in [0.15, 0.2) is 49.1 Å². The van der Waals surface area contributed by atoms with E-state index in [0.717, 1.165) is 0 Å². The van der Waals surface area contributed by atoms with Gasteiger partial charge in [-0.25, -0.2) is 0 Å². The lowest BCUT2D eigenvalue weighted by molar-refractivity contribution is -0.150. The molecule has 2 fully saturated rings. The van der Waals surface area contributed by atoms with E-state index in [9.17, 15) is 14.7 Å². The summed E-state index contributed by atoms with van der Waals surface area (Å²) in [5.41, 5.74) is -1.83. The van der Waals surface area contributed by atoms with E-state index in [1.54, 1.807) is 9.80 Å². The second kappa shape index (κ2) is 3.98. The minimum absolute atomic E-state index is 0.00887. The number of hydrogen-bond acceptors (Lipinski definition) is 3. The maximum atomic E-state index is 12.9. The van der Waals surface area contributed by atoms with Crippen molar-refractivity contribution < 1.29 is 14.7 Å². The van der Waals surface area contributed by atoms with Gasteiger partial charge in [0.2, 0.25) is 11.8 Å². The zero-order valence-corrected chi connectivity index (χ0v) is 13.2. The maximum absolute atomic E-state index is 12.9. The highest BCUT2D eigenvalue weighted by Gasteiger charge is 2.79. The fourth-order valence-electron chi connectivity index (χ4n) is 5.50. The van der Waals surface area contributed by atoms with Crippen molar-refractivity contribution in [1.82, 2.24) is 4.90 Å². The molecule has 0 aliphatic carbocycles. The standard InChI is InChI=1S/C19H18N2O3/c1-2-17-9-5-11-20-16(23)12-18(24)13-6-3-4-7-14(13)21(19(17,18)20)15(22)8-10-17/h2-7,9,24H,1,8,10-12H2/t17-,18-,19-/m1/s1. The van der Waals surface area contributed by atoms with E-state index in [-0.39, 0.29) is 18.2 Å². The van der Waals surface area contributed by atoms with Crippen molar-refractivity contribution in [1.29, 1.82) is 0 Å². The number of carbonyl (C=O) groups is 2. The SMILES string of the molecule is C=C[C@@]12C=CCN3C(=O)C[C@@]4(O)c5ccccc5N(C(=O)CC1)[C@]324. The number of benzene rings is 1. The van der Waals surface area contributed by atoms with Gasteiger partial charge in [-0.15, -0.1) is 6.58 Å². The molecule has 5 heteroatoms. The number of amides is 2. The monoisotopic (exact) mass is 322 g/mol. The highest BCUT2D eigenvalue weighted by atomic mass is 16.3. The van der Waals surface area contributed by atoms with Crippen LogP contribution in [-0.4, -0.2) is 34.0 Å². The summed E-state index contributed by atoms with van der Waals surface area (Å²) in [6.45, 7) is 4.41. The predicted octanol–water partition coefficient (Wildman–Crippen LogP) is 1.69. The van der Waals surface area contributed by atoms with E-state index < -0.39 is 16.7 Å². The largest absolute Gasteiger partial charge is 0.380 e. The number of hydrogen-bond donors (Lipinski definition) is 1. The van der Waals surface area contributed by atoms with Gasteiger partial charge in [0, 0.05) is 18.5 Å². The van der Waals surface area contributed by atoms with E-state index in [2.05, 4.69) is 6.58 Å². The van der Waals surface area contributed by atoms with Crippen molar-refractivity contribution in [3.8, 4) is 0 Å². The first-order chi connectivity index (χ1) is 11.5. The van der Waals surface area contributed by atoms with Crippen LogP contribution in [0.1, 0.15) is 24.8 Å². The molecule has 0 aromatic heterocycles. The maximum Gasteiger partial charge on any atom is 0.229 e. The number of carbonyl (C=O) groups excluding carboxylic acids is 2. The highest BCUT2D eigenvalue weighted by Crippen LogP contribution is 2.68. The fraction of sp³-hybridized carbons (Fsp3) is 0.368. The van der Waals surface area contributed by atoms with Gasteiger partial charge in [0.25, 0.3) is 0 Å². The van der Waals surface area contributed by atoms with Gasteiger partial charge in [-0.1, -0.05) is 36.4 Å². The topological polar surface area (TPSA) is 60.9 Å². The van der Waals surface area contributed by atoms with Gasteiger partial charge < -0.3 is 10.0 Å². The van der Waals surface area contributed by atoms with Gasteiger partial charge in [-0.05, 0) is 12.5 Å². The van der Waals surface area contributed by atoms with Crippen LogP contribution in [-0.2, 0) is 15.2 Å². The van der Waals surface area contributed by atoms with Gasteiger partial charge in [0.05, 0.1) is 17.5 Å². The molecule has 0 bridgehead atoms.